The molecule has 0 unspecified atom stereocenters. The highest BCUT2D eigenvalue weighted by Gasteiger charge is 2.50. The molecule has 2 aromatic rings. The Labute approximate surface area is 174 Å². The van der Waals surface area contributed by atoms with E-state index in [9.17, 15) is 26.7 Å². The number of carbonyl (C=O) groups excluding carboxylic acids is 1. The third kappa shape index (κ3) is 4.60. The summed E-state index contributed by atoms with van der Waals surface area (Å²) in [6, 6.07) is -0.775. The van der Waals surface area contributed by atoms with Crippen molar-refractivity contribution in [3.63, 3.8) is 0 Å². The average molecular weight is 445 g/mol. The molecule has 8 nitrogen and oxygen atoms in total. The second-order valence-electron chi connectivity index (χ2n) is 7.38. The summed E-state index contributed by atoms with van der Waals surface area (Å²) in [5, 5.41) is 7.22. The standard InChI is InChI=1S/C18H20F5N7O/c19-16(20)13-7-12(26-17(27-13)30-4-1-14(30)18(21,22)23)11-8-25-29(9-11)10-15(31)28-5-2-24-3-6-28/h7-9,14,16,24H,1-6,10H2/t14-/m1/s1. The molecule has 0 spiro atoms. The molecule has 1 amide bonds. The molecule has 2 aliphatic rings. The van der Waals surface area contributed by atoms with E-state index in [0.717, 1.165) is 11.0 Å². The van der Waals surface area contributed by atoms with E-state index in [2.05, 4.69) is 20.4 Å². The van der Waals surface area contributed by atoms with Gasteiger partial charge in [-0.25, -0.2) is 18.7 Å². The molecule has 0 saturated carbocycles. The average Bonchev–Trinajstić information content (AvgIpc) is 3.14. The van der Waals surface area contributed by atoms with Gasteiger partial charge in [0.05, 0.1) is 11.9 Å². The minimum atomic E-state index is -4.50. The van der Waals surface area contributed by atoms with Gasteiger partial charge in [0.15, 0.2) is 0 Å². The van der Waals surface area contributed by atoms with Crippen molar-refractivity contribution < 1.29 is 26.7 Å². The van der Waals surface area contributed by atoms with Crippen molar-refractivity contribution in [3.05, 3.63) is 24.2 Å². The fourth-order valence-electron chi connectivity index (χ4n) is 3.54. The van der Waals surface area contributed by atoms with Crippen molar-refractivity contribution in [1.29, 1.82) is 0 Å². The van der Waals surface area contributed by atoms with Crippen molar-refractivity contribution >= 4 is 11.9 Å². The molecule has 1 N–H and O–H groups in total. The van der Waals surface area contributed by atoms with Gasteiger partial charge in [0.2, 0.25) is 11.9 Å². The van der Waals surface area contributed by atoms with Crippen molar-refractivity contribution in [1.82, 2.24) is 30.0 Å². The summed E-state index contributed by atoms with van der Waals surface area (Å²) < 4.78 is 67.3. The van der Waals surface area contributed by atoms with Crippen LogP contribution in [0.3, 0.4) is 0 Å². The molecule has 31 heavy (non-hydrogen) atoms. The largest absolute Gasteiger partial charge is 0.408 e. The Bertz CT molecular complexity index is 942. The lowest BCUT2D eigenvalue weighted by Gasteiger charge is -2.41. The second-order valence-corrected chi connectivity index (χ2v) is 7.38. The van der Waals surface area contributed by atoms with Gasteiger partial charge in [-0.3, -0.25) is 9.48 Å². The summed E-state index contributed by atoms with van der Waals surface area (Å²) in [4.78, 5) is 22.6. The fraction of sp³-hybridized carbons (Fsp3) is 0.556. The van der Waals surface area contributed by atoms with Crippen LogP contribution >= 0.6 is 0 Å². The molecule has 1 atom stereocenters. The minimum absolute atomic E-state index is 0.0222. The van der Waals surface area contributed by atoms with Crippen LogP contribution in [-0.4, -0.2) is 75.5 Å². The quantitative estimate of drug-likeness (QED) is 0.708. The highest BCUT2D eigenvalue weighted by atomic mass is 19.4. The number of anilines is 1. The summed E-state index contributed by atoms with van der Waals surface area (Å²) in [5.74, 6) is -0.535. The maximum Gasteiger partial charge on any atom is 0.408 e. The van der Waals surface area contributed by atoms with E-state index in [1.165, 1.54) is 17.1 Å². The summed E-state index contributed by atoms with van der Waals surface area (Å²) in [7, 11) is 0. The maximum atomic E-state index is 13.3. The molecular weight excluding hydrogens is 425 g/mol. The van der Waals surface area contributed by atoms with Gasteiger partial charge in [0.25, 0.3) is 6.43 Å². The number of rotatable bonds is 5. The fourth-order valence-corrected chi connectivity index (χ4v) is 3.54. The number of carbonyl (C=O) groups is 1. The molecule has 4 heterocycles. The molecular formula is C18H20F5N7O. The van der Waals surface area contributed by atoms with Gasteiger partial charge in [0.1, 0.15) is 18.3 Å². The zero-order valence-corrected chi connectivity index (χ0v) is 16.3. The number of amides is 1. The number of aromatic nitrogens is 4. The first-order valence-electron chi connectivity index (χ1n) is 9.74. The first kappa shape index (κ1) is 21.4. The molecule has 0 aromatic carbocycles. The molecule has 2 fully saturated rings. The van der Waals surface area contributed by atoms with Crippen LogP contribution in [-0.2, 0) is 11.3 Å². The van der Waals surface area contributed by atoms with Gasteiger partial charge < -0.3 is 15.1 Å². The third-order valence-electron chi connectivity index (χ3n) is 5.31. The van der Waals surface area contributed by atoms with Crippen molar-refractivity contribution in [3.8, 4) is 11.3 Å². The van der Waals surface area contributed by atoms with E-state index in [1.54, 1.807) is 4.90 Å². The Morgan fingerprint density at radius 2 is 1.94 bits per heavy atom. The maximum absolute atomic E-state index is 13.3. The monoisotopic (exact) mass is 445 g/mol. The van der Waals surface area contributed by atoms with Crippen molar-refractivity contribution in [2.24, 2.45) is 0 Å². The molecule has 168 valence electrons. The normalized spacial score (nSPS) is 19.6. The lowest BCUT2D eigenvalue weighted by Crippen LogP contribution is -2.56. The molecule has 13 heteroatoms. The smallest absolute Gasteiger partial charge is 0.339 e. The number of nitrogens with zero attached hydrogens (tertiary/aromatic N) is 6. The van der Waals surface area contributed by atoms with Crippen LogP contribution < -0.4 is 10.2 Å². The van der Waals surface area contributed by atoms with Crippen LogP contribution in [0.2, 0.25) is 0 Å². The van der Waals surface area contributed by atoms with Gasteiger partial charge in [-0.05, 0) is 12.5 Å². The molecule has 4 rings (SSSR count). The van der Waals surface area contributed by atoms with Crippen LogP contribution in [0.4, 0.5) is 27.9 Å². The Morgan fingerprint density at radius 3 is 2.55 bits per heavy atom. The second kappa shape index (κ2) is 8.36. The highest BCUT2D eigenvalue weighted by molar-refractivity contribution is 5.76. The van der Waals surface area contributed by atoms with Crippen molar-refractivity contribution in [2.75, 3.05) is 37.6 Å². The first-order chi connectivity index (χ1) is 14.7. The minimum Gasteiger partial charge on any atom is -0.339 e. The zero-order chi connectivity index (χ0) is 22.2. The van der Waals surface area contributed by atoms with Crippen molar-refractivity contribution in [2.45, 2.75) is 31.6 Å². The van der Waals surface area contributed by atoms with Gasteiger partial charge in [-0.2, -0.15) is 18.3 Å². The van der Waals surface area contributed by atoms with E-state index in [1.807, 2.05) is 0 Å². The summed E-state index contributed by atoms with van der Waals surface area (Å²) in [5.41, 5.74) is -0.339. The number of piperazine rings is 1. The predicted octanol–water partition coefficient (Wildman–Crippen LogP) is 1.85. The summed E-state index contributed by atoms with van der Waals surface area (Å²) >= 11 is 0. The lowest BCUT2D eigenvalue weighted by molar-refractivity contribution is -0.160. The van der Waals surface area contributed by atoms with Gasteiger partial charge in [-0.1, -0.05) is 0 Å². The Balaban J connectivity index is 1.56. The van der Waals surface area contributed by atoms with Crippen LogP contribution in [0.1, 0.15) is 18.5 Å². The number of alkyl halides is 5. The number of hydrogen-bond acceptors (Lipinski definition) is 6. The number of hydrogen-bond donors (Lipinski definition) is 1. The Hall–Kier alpha value is -2.83. The Kier molecular flexibility index (Phi) is 5.77. The zero-order valence-electron chi connectivity index (χ0n) is 16.3. The molecule has 2 aromatic heterocycles. The summed E-state index contributed by atoms with van der Waals surface area (Å²) in [6.07, 6.45) is -4.83. The molecule has 0 radical (unpaired) electrons. The van der Waals surface area contributed by atoms with Crippen LogP contribution in [0.15, 0.2) is 18.5 Å². The van der Waals surface area contributed by atoms with Crippen LogP contribution in [0.25, 0.3) is 11.3 Å². The van der Waals surface area contributed by atoms with E-state index >= 15 is 0 Å². The number of halogens is 5. The number of nitrogens with one attached hydrogen (secondary N) is 1. The molecule has 2 aliphatic heterocycles. The Morgan fingerprint density at radius 1 is 1.19 bits per heavy atom. The topological polar surface area (TPSA) is 79.2 Å². The van der Waals surface area contributed by atoms with E-state index in [4.69, 9.17) is 0 Å². The van der Waals surface area contributed by atoms with Crippen LogP contribution in [0.5, 0.6) is 0 Å². The van der Waals surface area contributed by atoms with E-state index < -0.39 is 30.3 Å². The molecule has 0 bridgehead atoms. The summed E-state index contributed by atoms with van der Waals surface area (Å²) in [6.45, 7) is 2.54. The lowest BCUT2D eigenvalue weighted by atomic mass is 10.0. The molecule has 2 saturated heterocycles. The first-order valence-corrected chi connectivity index (χ1v) is 9.74. The van der Waals surface area contributed by atoms with E-state index in [0.29, 0.717) is 31.7 Å². The van der Waals surface area contributed by atoms with Gasteiger partial charge >= 0.3 is 6.18 Å². The van der Waals surface area contributed by atoms with Gasteiger partial charge in [-0.15, -0.1) is 0 Å². The van der Waals surface area contributed by atoms with Crippen LogP contribution in [0, 0.1) is 0 Å². The third-order valence-corrected chi connectivity index (χ3v) is 5.31. The SMILES string of the molecule is O=C(Cn1cc(-c2cc(C(F)F)nc(N3CC[C@@H]3C(F)(F)F)n2)cn1)N1CCNCC1. The van der Waals surface area contributed by atoms with Gasteiger partial charge in [0, 0.05) is 44.5 Å². The molecule has 0 aliphatic carbocycles. The highest BCUT2D eigenvalue weighted by Crippen LogP contribution is 2.37. The van der Waals surface area contributed by atoms with E-state index in [-0.39, 0.29) is 31.1 Å². The predicted molar refractivity (Wildman–Crippen MR) is 99.5 cm³/mol.